The molecule has 0 unspecified atom stereocenters. The largest absolute Gasteiger partial charge is 0.573 e. The molecule has 1 aliphatic rings. The van der Waals surface area contributed by atoms with Crippen LogP contribution in [0.2, 0.25) is 0 Å². The first-order valence-corrected chi connectivity index (χ1v) is 9.23. The van der Waals surface area contributed by atoms with E-state index in [-0.39, 0.29) is 17.6 Å². The molecule has 3 rings (SSSR count). The summed E-state index contributed by atoms with van der Waals surface area (Å²) in [5.41, 5.74) is 2.24. The van der Waals surface area contributed by atoms with Gasteiger partial charge in [-0.3, -0.25) is 4.79 Å². The molecule has 1 saturated heterocycles. The highest BCUT2D eigenvalue weighted by molar-refractivity contribution is 5.94. The van der Waals surface area contributed by atoms with Gasteiger partial charge in [0.15, 0.2) is 0 Å². The van der Waals surface area contributed by atoms with E-state index in [0.717, 1.165) is 36.2 Å². The zero-order chi connectivity index (χ0) is 21.0. The average Bonchev–Trinajstić information content (AvgIpc) is 2.68. The molecule has 29 heavy (non-hydrogen) atoms. The third-order valence-electron chi connectivity index (χ3n) is 4.82. The molecule has 6 nitrogen and oxygen atoms in total. The molecule has 1 aliphatic heterocycles. The van der Waals surface area contributed by atoms with E-state index in [1.807, 2.05) is 6.92 Å². The maximum atomic E-state index is 12.7. The van der Waals surface area contributed by atoms with Crippen LogP contribution in [-0.4, -0.2) is 47.3 Å². The van der Waals surface area contributed by atoms with E-state index in [2.05, 4.69) is 14.7 Å². The Morgan fingerprint density at radius 3 is 2.45 bits per heavy atom. The number of alkyl halides is 3. The summed E-state index contributed by atoms with van der Waals surface area (Å²) >= 11 is 0. The molecule has 1 aromatic carbocycles. The van der Waals surface area contributed by atoms with E-state index >= 15 is 0 Å². The lowest BCUT2D eigenvalue weighted by Crippen LogP contribution is -2.38. The van der Waals surface area contributed by atoms with Crippen molar-refractivity contribution in [2.45, 2.75) is 38.7 Å². The van der Waals surface area contributed by atoms with Crippen LogP contribution in [0.15, 0.2) is 30.5 Å². The van der Waals surface area contributed by atoms with Crippen LogP contribution in [0.25, 0.3) is 0 Å². The predicted molar refractivity (Wildman–Crippen MR) is 98.5 cm³/mol. The Kier molecular flexibility index (Phi) is 6.36. The summed E-state index contributed by atoms with van der Waals surface area (Å²) in [5, 5.41) is 0. The SMILES string of the molecule is COCc1cnc(C)nc1C1CCN(C(=O)c2ccc(OC(F)(F)F)cc2)CC1. The number of rotatable bonds is 5. The van der Waals surface area contributed by atoms with Crippen LogP contribution in [0, 0.1) is 6.92 Å². The van der Waals surface area contributed by atoms with E-state index in [1.54, 1.807) is 18.2 Å². The lowest BCUT2D eigenvalue weighted by atomic mass is 9.90. The van der Waals surface area contributed by atoms with E-state index in [4.69, 9.17) is 4.74 Å². The number of ether oxygens (including phenoxy) is 2. The third kappa shape index (κ3) is 5.44. The zero-order valence-electron chi connectivity index (χ0n) is 16.2. The van der Waals surface area contributed by atoms with Gasteiger partial charge in [-0.15, -0.1) is 13.2 Å². The van der Waals surface area contributed by atoms with Gasteiger partial charge in [0.1, 0.15) is 11.6 Å². The number of amides is 1. The van der Waals surface area contributed by atoms with Gasteiger partial charge in [-0.25, -0.2) is 9.97 Å². The highest BCUT2D eigenvalue weighted by Crippen LogP contribution is 2.30. The van der Waals surface area contributed by atoms with Crippen LogP contribution in [0.4, 0.5) is 13.2 Å². The van der Waals surface area contributed by atoms with Crippen LogP contribution in [0.3, 0.4) is 0 Å². The van der Waals surface area contributed by atoms with Crippen molar-refractivity contribution < 1.29 is 27.4 Å². The average molecular weight is 409 g/mol. The topological polar surface area (TPSA) is 64.6 Å². The number of hydrogen-bond acceptors (Lipinski definition) is 5. The number of halogens is 3. The number of methoxy groups -OCH3 is 1. The van der Waals surface area contributed by atoms with Crippen LogP contribution >= 0.6 is 0 Å². The Bertz CT molecular complexity index is 848. The summed E-state index contributed by atoms with van der Waals surface area (Å²) in [7, 11) is 1.62. The molecule has 1 fully saturated rings. The standard InChI is InChI=1S/C20H22F3N3O3/c1-13-24-11-16(12-28-2)18(25-13)14-7-9-26(10-8-14)19(27)15-3-5-17(6-4-15)29-20(21,22)23/h3-6,11,14H,7-10,12H2,1-2H3. The molecule has 0 radical (unpaired) electrons. The Morgan fingerprint density at radius 1 is 1.21 bits per heavy atom. The summed E-state index contributed by atoms with van der Waals surface area (Å²) in [4.78, 5) is 23.2. The molecule has 0 aliphatic carbocycles. The minimum absolute atomic E-state index is 0.202. The fraction of sp³-hybridized carbons (Fsp3) is 0.450. The number of likely N-dealkylation sites (tertiary alicyclic amines) is 1. The molecule has 156 valence electrons. The normalized spacial score (nSPS) is 15.4. The second kappa shape index (κ2) is 8.77. The van der Waals surface area contributed by atoms with Crippen molar-refractivity contribution in [2.75, 3.05) is 20.2 Å². The Balaban J connectivity index is 1.63. The Labute approximate surface area is 166 Å². The van der Waals surface area contributed by atoms with Crippen molar-refractivity contribution in [1.29, 1.82) is 0 Å². The maximum absolute atomic E-state index is 12.7. The molecular weight excluding hydrogens is 387 g/mol. The van der Waals surface area contributed by atoms with Gasteiger partial charge in [0.25, 0.3) is 5.91 Å². The number of aromatic nitrogens is 2. The second-order valence-corrected chi connectivity index (χ2v) is 6.90. The molecule has 1 aromatic heterocycles. The van der Waals surface area contributed by atoms with E-state index in [0.29, 0.717) is 31.1 Å². The molecule has 0 N–H and O–H groups in total. The molecule has 2 aromatic rings. The van der Waals surface area contributed by atoms with Crippen LogP contribution in [-0.2, 0) is 11.3 Å². The monoisotopic (exact) mass is 409 g/mol. The van der Waals surface area contributed by atoms with Gasteiger partial charge in [0.2, 0.25) is 0 Å². The van der Waals surface area contributed by atoms with Crippen molar-refractivity contribution in [1.82, 2.24) is 14.9 Å². The van der Waals surface area contributed by atoms with Gasteiger partial charge in [0, 0.05) is 43.4 Å². The van der Waals surface area contributed by atoms with Crippen molar-refractivity contribution >= 4 is 5.91 Å². The molecule has 0 saturated carbocycles. The first-order valence-electron chi connectivity index (χ1n) is 9.23. The van der Waals surface area contributed by atoms with Gasteiger partial charge in [0.05, 0.1) is 12.3 Å². The van der Waals surface area contributed by atoms with Gasteiger partial charge in [-0.1, -0.05) is 0 Å². The fourth-order valence-electron chi connectivity index (χ4n) is 3.47. The van der Waals surface area contributed by atoms with Crippen LogP contribution < -0.4 is 4.74 Å². The number of benzene rings is 1. The molecule has 0 spiro atoms. The van der Waals surface area contributed by atoms with Gasteiger partial charge < -0.3 is 14.4 Å². The molecule has 9 heteroatoms. The molecule has 2 heterocycles. The van der Waals surface area contributed by atoms with Crippen LogP contribution in [0.5, 0.6) is 5.75 Å². The van der Waals surface area contributed by atoms with Crippen molar-refractivity contribution in [2.24, 2.45) is 0 Å². The van der Waals surface area contributed by atoms with Gasteiger partial charge >= 0.3 is 6.36 Å². The van der Waals surface area contributed by atoms with Crippen LogP contribution in [0.1, 0.15) is 46.2 Å². The summed E-state index contributed by atoms with van der Waals surface area (Å²) in [5.74, 6) is 0.337. The predicted octanol–water partition coefficient (Wildman–Crippen LogP) is 3.85. The lowest BCUT2D eigenvalue weighted by Gasteiger charge is -2.32. The van der Waals surface area contributed by atoms with Gasteiger partial charge in [-0.2, -0.15) is 0 Å². The fourth-order valence-corrected chi connectivity index (χ4v) is 3.47. The number of nitrogens with zero attached hydrogens (tertiary/aromatic N) is 3. The zero-order valence-corrected chi connectivity index (χ0v) is 16.2. The smallest absolute Gasteiger partial charge is 0.406 e. The lowest BCUT2D eigenvalue weighted by molar-refractivity contribution is -0.274. The second-order valence-electron chi connectivity index (χ2n) is 6.90. The molecule has 0 bridgehead atoms. The Morgan fingerprint density at radius 2 is 1.86 bits per heavy atom. The van der Waals surface area contributed by atoms with E-state index in [9.17, 15) is 18.0 Å². The molecular formula is C20H22F3N3O3. The summed E-state index contributed by atoms with van der Waals surface area (Å²) in [6.07, 6.45) is -1.49. The third-order valence-corrected chi connectivity index (χ3v) is 4.82. The molecule has 0 atom stereocenters. The maximum Gasteiger partial charge on any atom is 0.573 e. The minimum Gasteiger partial charge on any atom is -0.406 e. The minimum atomic E-state index is -4.76. The number of piperidine rings is 1. The summed E-state index contributed by atoms with van der Waals surface area (Å²) in [6, 6.07) is 4.99. The van der Waals surface area contributed by atoms with E-state index < -0.39 is 6.36 Å². The number of carbonyl (C=O) groups is 1. The van der Waals surface area contributed by atoms with Crippen molar-refractivity contribution in [3.8, 4) is 5.75 Å². The summed E-state index contributed by atoms with van der Waals surface area (Å²) < 4.78 is 45.8. The van der Waals surface area contributed by atoms with Crippen molar-refractivity contribution in [3.63, 3.8) is 0 Å². The van der Waals surface area contributed by atoms with E-state index in [1.165, 1.54) is 12.1 Å². The highest BCUT2D eigenvalue weighted by atomic mass is 19.4. The number of aryl methyl sites for hydroxylation is 1. The Hall–Kier alpha value is -2.68. The first-order chi connectivity index (χ1) is 13.8. The van der Waals surface area contributed by atoms with Crippen molar-refractivity contribution in [3.05, 3.63) is 53.1 Å². The first kappa shape index (κ1) is 21.0. The number of hydrogen-bond donors (Lipinski definition) is 0. The summed E-state index contributed by atoms with van der Waals surface area (Å²) in [6.45, 7) is 3.35. The molecule has 1 amide bonds. The highest BCUT2D eigenvalue weighted by Gasteiger charge is 2.31. The van der Waals surface area contributed by atoms with Gasteiger partial charge in [-0.05, 0) is 44.0 Å². The number of carbonyl (C=O) groups excluding carboxylic acids is 1. The quantitative estimate of drug-likeness (QED) is 0.751.